The first kappa shape index (κ1) is 17.5. The minimum Gasteiger partial charge on any atom is -1.00 e. The Hall–Kier alpha value is -2.30. The maximum atomic E-state index is 13.4. The first-order valence-corrected chi connectivity index (χ1v) is 8.50. The smallest absolute Gasteiger partial charge is 0.329 e. The molecule has 1 fully saturated rings. The van der Waals surface area contributed by atoms with E-state index in [0.29, 0.717) is 0 Å². The molecule has 0 atom stereocenters. The number of quaternary nitrogens is 1. The van der Waals surface area contributed by atoms with Crippen molar-refractivity contribution in [2.24, 2.45) is 0 Å². The van der Waals surface area contributed by atoms with Crippen LogP contribution in [0.5, 0.6) is 0 Å². The minimum absolute atomic E-state index is 0. The van der Waals surface area contributed by atoms with Gasteiger partial charge in [0.05, 0.1) is 44.6 Å². The van der Waals surface area contributed by atoms with Crippen LogP contribution in [0.3, 0.4) is 0 Å². The molecular weight excluding hydrogens is 334 g/mol. The maximum Gasteiger partial charge on any atom is 0.329 e. The lowest BCUT2D eigenvalue weighted by Gasteiger charge is -2.35. The molecule has 0 unspecified atom stereocenters. The highest BCUT2D eigenvalue weighted by Gasteiger charge is 2.30. The average Bonchev–Trinajstić information content (AvgIpc) is 2.79. The molecular formula is C20H22ClN3O. The SMILES string of the molecule is C[NH+]1CCN(C(=O)N2c3ccccc3C=Cc3ccccc32)CC1.[Cl-]. The summed E-state index contributed by atoms with van der Waals surface area (Å²) in [6.07, 6.45) is 4.19. The van der Waals surface area contributed by atoms with Gasteiger partial charge in [-0.2, -0.15) is 0 Å². The maximum absolute atomic E-state index is 13.4. The molecule has 2 aliphatic rings. The number of hydrogen-bond acceptors (Lipinski definition) is 1. The van der Waals surface area contributed by atoms with Gasteiger partial charge in [0.1, 0.15) is 0 Å². The lowest BCUT2D eigenvalue weighted by Crippen LogP contribution is -3.12. The third-order valence-electron chi connectivity index (χ3n) is 4.88. The third-order valence-corrected chi connectivity index (χ3v) is 4.88. The zero-order chi connectivity index (χ0) is 16.5. The molecule has 4 rings (SSSR count). The molecule has 2 aliphatic heterocycles. The number of benzene rings is 2. The van der Waals surface area contributed by atoms with E-state index in [1.54, 1.807) is 0 Å². The Bertz CT molecular complexity index is 748. The highest BCUT2D eigenvalue weighted by atomic mass is 35.5. The van der Waals surface area contributed by atoms with Gasteiger partial charge in [0, 0.05) is 0 Å². The second kappa shape index (κ2) is 7.30. The number of carbonyl (C=O) groups excluding carboxylic acids is 1. The van der Waals surface area contributed by atoms with Crippen LogP contribution in [0.2, 0.25) is 0 Å². The number of para-hydroxylation sites is 2. The van der Waals surface area contributed by atoms with E-state index < -0.39 is 0 Å². The second-order valence-corrected chi connectivity index (χ2v) is 6.51. The van der Waals surface area contributed by atoms with Gasteiger partial charge < -0.3 is 22.2 Å². The van der Waals surface area contributed by atoms with Crippen LogP contribution in [0.4, 0.5) is 16.2 Å². The Kier molecular flexibility index (Phi) is 5.11. The molecule has 2 aromatic rings. The molecule has 130 valence electrons. The standard InChI is InChI=1S/C20H21N3O.ClH/c1-21-12-14-22(15-13-21)20(24)23-18-8-4-2-6-16(18)10-11-17-7-3-5-9-19(17)23;/h2-11H,12-15H2,1H3;1H. The summed E-state index contributed by atoms with van der Waals surface area (Å²) in [5, 5.41) is 0. The van der Waals surface area contributed by atoms with Crippen molar-refractivity contribution in [2.75, 3.05) is 38.1 Å². The summed E-state index contributed by atoms with van der Waals surface area (Å²) in [7, 11) is 2.18. The lowest BCUT2D eigenvalue weighted by atomic mass is 10.1. The van der Waals surface area contributed by atoms with Crippen LogP contribution in [-0.4, -0.2) is 44.2 Å². The van der Waals surface area contributed by atoms with Crippen molar-refractivity contribution in [3.63, 3.8) is 0 Å². The lowest BCUT2D eigenvalue weighted by molar-refractivity contribution is -0.883. The summed E-state index contributed by atoms with van der Waals surface area (Å²) in [6, 6.07) is 16.3. The number of amides is 2. The molecule has 1 N–H and O–H groups in total. The molecule has 5 heteroatoms. The number of piperazine rings is 1. The molecule has 2 heterocycles. The highest BCUT2D eigenvalue weighted by molar-refractivity contribution is 6.05. The Balaban J connectivity index is 0.00000182. The van der Waals surface area contributed by atoms with Crippen molar-refractivity contribution >= 4 is 29.6 Å². The van der Waals surface area contributed by atoms with Crippen molar-refractivity contribution in [1.29, 1.82) is 0 Å². The number of fused-ring (bicyclic) bond motifs is 2. The second-order valence-electron chi connectivity index (χ2n) is 6.51. The van der Waals surface area contributed by atoms with Gasteiger partial charge in [0.15, 0.2) is 0 Å². The highest BCUT2D eigenvalue weighted by Crippen LogP contribution is 2.36. The normalized spacial score (nSPS) is 16.5. The fourth-order valence-corrected chi connectivity index (χ4v) is 3.40. The van der Waals surface area contributed by atoms with Crippen molar-refractivity contribution in [3.05, 3.63) is 59.7 Å². The summed E-state index contributed by atoms with van der Waals surface area (Å²) < 4.78 is 0. The molecule has 0 aliphatic carbocycles. The van der Waals surface area contributed by atoms with Gasteiger partial charge in [-0.15, -0.1) is 0 Å². The summed E-state index contributed by atoms with van der Waals surface area (Å²) in [6.45, 7) is 3.61. The van der Waals surface area contributed by atoms with Gasteiger partial charge in [0.2, 0.25) is 0 Å². The molecule has 0 radical (unpaired) electrons. The molecule has 2 amide bonds. The number of nitrogens with zero attached hydrogens (tertiary/aromatic N) is 2. The van der Waals surface area contributed by atoms with Crippen LogP contribution in [0.15, 0.2) is 48.5 Å². The molecule has 4 nitrogen and oxygen atoms in total. The Morgan fingerprint density at radius 3 is 1.88 bits per heavy atom. The molecule has 1 saturated heterocycles. The number of anilines is 2. The number of urea groups is 1. The molecule has 0 spiro atoms. The first-order valence-electron chi connectivity index (χ1n) is 8.50. The number of likely N-dealkylation sites (N-methyl/N-ethyl adjacent to an activating group) is 1. The first-order chi connectivity index (χ1) is 11.7. The van der Waals surface area contributed by atoms with E-state index in [9.17, 15) is 4.79 Å². The van der Waals surface area contributed by atoms with E-state index in [-0.39, 0.29) is 18.4 Å². The predicted molar refractivity (Wildman–Crippen MR) is 97.5 cm³/mol. The quantitative estimate of drug-likeness (QED) is 0.662. The Labute approximate surface area is 154 Å². The minimum atomic E-state index is 0. The predicted octanol–water partition coefficient (Wildman–Crippen LogP) is -0.737. The van der Waals surface area contributed by atoms with E-state index in [1.807, 2.05) is 46.2 Å². The topological polar surface area (TPSA) is 28.0 Å². The Morgan fingerprint density at radius 1 is 0.880 bits per heavy atom. The van der Waals surface area contributed by atoms with Gasteiger partial charge in [0.25, 0.3) is 0 Å². The molecule has 25 heavy (non-hydrogen) atoms. The molecule has 0 saturated carbocycles. The van der Waals surface area contributed by atoms with E-state index in [2.05, 4.69) is 31.3 Å². The zero-order valence-corrected chi connectivity index (χ0v) is 15.0. The largest absolute Gasteiger partial charge is 1.00 e. The van der Waals surface area contributed by atoms with Crippen LogP contribution >= 0.6 is 0 Å². The number of halogens is 1. The number of hydrogen-bond donors (Lipinski definition) is 1. The van der Waals surface area contributed by atoms with Gasteiger partial charge in [-0.05, 0) is 23.3 Å². The summed E-state index contributed by atoms with van der Waals surface area (Å²) in [5.41, 5.74) is 4.05. The molecule has 2 aromatic carbocycles. The fraction of sp³-hybridized carbons (Fsp3) is 0.250. The van der Waals surface area contributed by atoms with Crippen molar-refractivity contribution in [2.45, 2.75) is 0 Å². The average molecular weight is 356 g/mol. The van der Waals surface area contributed by atoms with Crippen molar-refractivity contribution < 1.29 is 22.1 Å². The van der Waals surface area contributed by atoms with Crippen molar-refractivity contribution in [3.8, 4) is 0 Å². The molecule has 0 bridgehead atoms. The molecule has 0 aromatic heterocycles. The van der Waals surface area contributed by atoms with Gasteiger partial charge in [-0.25, -0.2) is 4.79 Å². The van der Waals surface area contributed by atoms with E-state index in [1.165, 1.54) is 4.90 Å². The zero-order valence-electron chi connectivity index (χ0n) is 14.3. The number of carbonyl (C=O) groups is 1. The van der Waals surface area contributed by atoms with E-state index in [0.717, 1.165) is 48.7 Å². The van der Waals surface area contributed by atoms with Crippen LogP contribution in [0, 0.1) is 0 Å². The summed E-state index contributed by atoms with van der Waals surface area (Å²) >= 11 is 0. The number of rotatable bonds is 0. The summed E-state index contributed by atoms with van der Waals surface area (Å²) in [5.74, 6) is 0. The summed E-state index contributed by atoms with van der Waals surface area (Å²) in [4.78, 5) is 18.7. The van der Waals surface area contributed by atoms with Crippen LogP contribution in [0.25, 0.3) is 12.2 Å². The van der Waals surface area contributed by atoms with Gasteiger partial charge in [-0.1, -0.05) is 48.6 Å². The van der Waals surface area contributed by atoms with Crippen LogP contribution in [-0.2, 0) is 0 Å². The van der Waals surface area contributed by atoms with E-state index in [4.69, 9.17) is 0 Å². The Morgan fingerprint density at radius 2 is 1.36 bits per heavy atom. The van der Waals surface area contributed by atoms with E-state index >= 15 is 0 Å². The monoisotopic (exact) mass is 355 g/mol. The fourth-order valence-electron chi connectivity index (χ4n) is 3.40. The van der Waals surface area contributed by atoms with Crippen LogP contribution < -0.4 is 22.2 Å². The number of nitrogens with one attached hydrogen (secondary N) is 1. The van der Waals surface area contributed by atoms with Gasteiger partial charge in [-0.3, -0.25) is 4.90 Å². The third kappa shape index (κ3) is 3.28. The van der Waals surface area contributed by atoms with Crippen molar-refractivity contribution in [1.82, 2.24) is 4.90 Å². The van der Waals surface area contributed by atoms with Crippen LogP contribution in [0.1, 0.15) is 11.1 Å². The van der Waals surface area contributed by atoms with Gasteiger partial charge >= 0.3 is 6.03 Å².